The van der Waals surface area contributed by atoms with E-state index in [1.807, 2.05) is 38.1 Å². The van der Waals surface area contributed by atoms with Crippen molar-refractivity contribution in [1.82, 2.24) is 9.88 Å². The fourth-order valence-electron chi connectivity index (χ4n) is 2.52. The van der Waals surface area contributed by atoms with Gasteiger partial charge in [-0.2, -0.15) is 0 Å². The molecule has 0 N–H and O–H groups in total. The summed E-state index contributed by atoms with van der Waals surface area (Å²) in [4.78, 5) is 21.3. The zero-order chi connectivity index (χ0) is 19.4. The van der Waals surface area contributed by atoms with Gasteiger partial charge in [-0.05, 0) is 63.0 Å². The number of amides is 1. The van der Waals surface area contributed by atoms with Crippen LogP contribution in [0.15, 0.2) is 42.5 Å². The molecule has 3 aromatic rings. The van der Waals surface area contributed by atoms with Gasteiger partial charge in [0.2, 0.25) is 0 Å². The lowest BCUT2D eigenvalue weighted by Gasteiger charge is -2.22. The summed E-state index contributed by atoms with van der Waals surface area (Å²) in [6.07, 6.45) is 0. The van der Waals surface area contributed by atoms with Crippen LogP contribution in [0.4, 0.5) is 5.13 Å². The molecule has 0 fully saturated rings. The van der Waals surface area contributed by atoms with E-state index < -0.39 is 0 Å². The standard InChI is InChI=1S/C20H22ClN3O2S/c1-14-4-9-17-18(12-14)27-20(22-17)24(11-10-23(2)3)19(25)13-26-16-7-5-15(21)6-8-16/h4-9,12H,10-11,13H2,1-3H3. The number of halogens is 1. The molecular formula is C20H22ClN3O2S. The van der Waals surface area contributed by atoms with Gasteiger partial charge >= 0.3 is 0 Å². The number of carbonyl (C=O) groups excluding carboxylic acids is 1. The minimum atomic E-state index is -0.123. The number of likely N-dealkylation sites (N-methyl/N-ethyl adjacent to an activating group) is 1. The second kappa shape index (κ2) is 8.69. The van der Waals surface area contributed by atoms with Gasteiger partial charge in [0.15, 0.2) is 11.7 Å². The number of thiazole rings is 1. The first-order valence-electron chi connectivity index (χ1n) is 8.63. The number of hydrogen-bond acceptors (Lipinski definition) is 5. The van der Waals surface area contributed by atoms with Crippen LogP contribution in [-0.2, 0) is 4.79 Å². The topological polar surface area (TPSA) is 45.7 Å². The Morgan fingerprint density at radius 2 is 1.89 bits per heavy atom. The molecule has 7 heteroatoms. The Hall–Kier alpha value is -2.15. The first-order valence-corrected chi connectivity index (χ1v) is 9.82. The molecule has 0 atom stereocenters. The van der Waals surface area contributed by atoms with E-state index in [9.17, 15) is 4.79 Å². The fourth-order valence-corrected chi connectivity index (χ4v) is 3.75. The van der Waals surface area contributed by atoms with Crippen LogP contribution in [0, 0.1) is 6.92 Å². The van der Waals surface area contributed by atoms with Crippen molar-refractivity contribution in [2.24, 2.45) is 0 Å². The largest absolute Gasteiger partial charge is 0.484 e. The highest BCUT2D eigenvalue weighted by Gasteiger charge is 2.20. The molecule has 0 radical (unpaired) electrons. The molecule has 0 aliphatic carbocycles. The molecule has 3 rings (SSSR count). The molecule has 0 aliphatic rings. The van der Waals surface area contributed by atoms with E-state index in [2.05, 4.69) is 11.1 Å². The Morgan fingerprint density at radius 1 is 1.15 bits per heavy atom. The third-order valence-electron chi connectivity index (χ3n) is 4.01. The maximum Gasteiger partial charge on any atom is 0.266 e. The van der Waals surface area contributed by atoms with E-state index in [1.54, 1.807) is 29.2 Å². The summed E-state index contributed by atoms with van der Waals surface area (Å²) in [7, 11) is 3.96. The molecule has 142 valence electrons. The SMILES string of the molecule is Cc1ccc2nc(N(CCN(C)C)C(=O)COc3ccc(Cl)cc3)sc2c1. The molecule has 0 saturated carbocycles. The molecule has 1 aromatic heterocycles. The van der Waals surface area contributed by atoms with E-state index in [1.165, 1.54) is 16.9 Å². The molecule has 0 unspecified atom stereocenters. The third-order valence-corrected chi connectivity index (χ3v) is 5.30. The van der Waals surface area contributed by atoms with E-state index in [4.69, 9.17) is 16.3 Å². The van der Waals surface area contributed by atoms with E-state index in [0.29, 0.717) is 22.4 Å². The van der Waals surface area contributed by atoms with Crippen LogP contribution in [0.3, 0.4) is 0 Å². The first kappa shape index (κ1) is 19.6. The smallest absolute Gasteiger partial charge is 0.266 e. The highest BCUT2D eigenvalue weighted by atomic mass is 35.5. The summed E-state index contributed by atoms with van der Waals surface area (Å²) < 4.78 is 6.71. The first-order chi connectivity index (χ1) is 12.9. The second-order valence-electron chi connectivity index (χ2n) is 6.56. The summed E-state index contributed by atoms with van der Waals surface area (Å²) in [6.45, 7) is 3.29. The Bertz CT molecular complexity index is 925. The lowest BCUT2D eigenvalue weighted by molar-refractivity contribution is -0.120. The zero-order valence-electron chi connectivity index (χ0n) is 15.6. The van der Waals surface area contributed by atoms with Crippen molar-refractivity contribution in [2.45, 2.75) is 6.92 Å². The van der Waals surface area contributed by atoms with Crippen LogP contribution in [-0.4, -0.2) is 49.6 Å². The Balaban J connectivity index is 1.78. The molecule has 0 saturated heterocycles. The second-order valence-corrected chi connectivity index (χ2v) is 8.00. The lowest BCUT2D eigenvalue weighted by atomic mass is 10.2. The highest BCUT2D eigenvalue weighted by molar-refractivity contribution is 7.22. The number of ether oxygens (including phenoxy) is 1. The number of benzene rings is 2. The van der Waals surface area contributed by atoms with Crippen molar-refractivity contribution < 1.29 is 9.53 Å². The van der Waals surface area contributed by atoms with E-state index in [-0.39, 0.29) is 12.5 Å². The maximum atomic E-state index is 12.9. The van der Waals surface area contributed by atoms with Crippen molar-refractivity contribution in [2.75, 3.05) is 38.7 Å². The van der Waals surface area contributed by atoms with Crippen molar-refractivity contribution in [1.29, 1.82) is 0 Å². The van der Waals surface area contributed by atoms with Crippen LogP contribution in [0.1, 0.15) is 5.56 Å². The molecule has 27 heavy (non-hydrogen) atoms. The normalized spacial score (nSPS) is 11.1. The van der Waals surface area contributed by atoms with Gasteiger partial charge in [-0.1, -0.05) is 29.0 Å². The van der Waals surface area contributed by atoms with Crippen molar-refractivity contribution in [3.63, 3.8) is 0 Å². The van der Waals surface area contributed by atoms with Crippen molar-refractivity contribution >= 4 is 44.2 Å². The minimum absolute atomic E-state index is 0.0516. The quantitative estimate of drug-likeness (QED) is 0.592. The number of aryl methyl sites for hydroxylation is 1. The number of anilines is 1. The Kier molecular flexibility index (Phi) is 6.31. The summed E-state index contributed by atoms with van der Waals surface area (Å²) in [5.74, 6) is 0.489. The number of nitrogens with zero attached hydrogens (tertiary/aromatic N) is 3. The summed E-state index contributed by atoms with van der Waals surface area (Å²) in [5, 5.41) is 1.33. The number of rotatable bonds is 7. The van der Waals surface area contributed by atoms with Gasteiger partial charge in [-0.3, -0.25) is 9.69 Å². The van der Waals surface area contributed by atoms with Gasteiger partial charge in [0.25, 0.3) is 5.91 Å². The van der Waals surface area contributed by atoms with Gasteiger partial charge in [-0.15, -0.1) is 0 Å². The summed E-state index contributed by atoms with van der Waals surface area (Å²) in [6, 6.07) is 13.1. The van der Waals surface area contributed by atoms with Gasteiger partial charge in [-0.25, -0.2) is 4.98 Å². The monoisotopic (exact) mass is 403 g/mol. The number of carbonyl (C=O) groups is 1. The Labute approximate surface area is 168 Å². The highest BCUT2D eigenvalue weighted by Crippen LogP contribution is 2.29. The third kappa shape index (κ3) is 5.19. The molecular weight excluding hydrogens is 382 g/mol. The number of fused-ring (bicyclic) bond motifs is 1. The molecule has 0 bridgehead atoms. The Morgan fingerprint density at radius 3 is 2.59 bits per heavy atom. The van der Waals surface area contributed by atoms with Crippen LogP contribution in [0.5, 0.6) is 5.75 Å². The van der Waals surface area contributed by atoms with E-state index in [0.717, 1.165) is 16.8 Å². The van der Waals surface area contributed by atoms with Gasteiger partial charge in [0.05, 0.1) is 10.2 Å². The minimum Gasteiger partial charge on any atom is -0.484 e. The van der Waals surface area contributed by atoms with Gasteiger partial charge < -0.3 is 9.64 Å². The molecule has 0 aliphatic heterocycles. The average Bonchev–Trinajstić information content (AvgIpc) is 3.03. The maximum absolute atomic E-state index is 12.9. The average molecular weight is 404 g/mol. The van der Waals surface area contributed by atoms with Gasteiger partial charge in [0.1, 0.15) is 5.75 Å². The molecule has 5 nitrogen and oxygen atoms in total. The van der Waals surface area contributed by atoms with Crippen molar-refractivity contribution in [3.05, 3.63) is 53.1 Å². The predicted octanol–water partition coefficient (Wildman–Crippen LogP) is 4.23. The lowest BCUT2D eigenvalue weighted by Crippen LogP contribution is -2.39. The molecule has 2 aromatic carbocycles. The van der Waals surface area contributed by atoms with E-state index >= 15 is 0 Å². The molecule has 1 amide bonds. The zero-order valence-corrected chi connectivity index (χ0v) is 17.2. The summed E-state index contributed by atoms with van der Waals surface area (Å²) in [5.41, 5.74) is 2.08. The number of aromatic nitrogens is 1. The van der Waals surface area contributed by atoms with Crippen LogP contribution in [0.25, 0.3) is 10.2 Å². The number of hydrogen-bond donors (Lipinski definition) is 0. The van der Waals surface area contributed by atoms with Gasteiger partial charge in [0, 0.05) is 18.1 Å². The predicted molar refractivity (Wildman–Crippen MR) is 112 cm³/mol. The molecule has 1 heterocycles. The van der Waals surface area contributed by atoms with Crippen molar-refractivity contribution in [3.8, 4) is 5.75 Å². The van der Waals surface area contributed by atoms with Crippen LogP contribution in [0.2, 0.25) is 5.02 Å². The van der Waals surface area contributed by atoms with Crippen LogP contribution >= 0.6 is 22.9 Å². The molecule has 0 spiro atoms. The fraction of sp³-hybridized carbons (Fsp3) is 0.300. The van der Waals surface area contributed by atoms with Crippen LogP contribution < -0.4 is 9.64 Å². The summed E-state index contributed by atoms with van der Waals surface area (Å²) >= 11 is 7.41.